The molecule has 5 rings (SSSR count). The summed E-state index contributed by atoms with van der Waals surface area (Å²) < 4.78 is 18.7. The second-order valence-electron chi connectivity index (χ2n) is 8.86. The number of nitrogens with zero attached hydrogens (tertiary/aromatic N) is 4. The van der Waals surface area contributed by atoms with Gasteiger partial charge in [-0.25, -0.2) is 0 Å². The Hall–Kier alpha value is -4.20. The van der Waals surface area contributed by atoms with Crippen molar-refractivity contribution in [3.63, 3.8) is 0 Å². The van der Waals surface area contributed by atoms with Crippen LogP contribution < -0.4 is 9.47 Å². The second kappa shape index (κ2) is 10.6. The van der Waals surface area contributed by atoms with Crippen LogP contribution in [0.5, 0.6) is 11.5 Å². The predicted molar refractivity (Wildman–Crippen MR) is 135 cm³/mol. The number of carbonyl (C=O) groups excluding carboxylic acids is 1. The molecule has 8 nitrogen and oxygen atoms in total. The van der Waals surface area contributed by atoms with Gasteiger partial charge in [0.2, 0.25) is 0 Å². The number of para-hydroxylation sites is 1. The van der Waals surface area contributed by atoms with Gasteiger partial charge in [-0.1, -0.05) is 49.1 Å². The maximum atomic E-state index is 11.7. The second-order valence-corrected chi connectivity index (χ2v) is 8.86. The van der Waals surface area contributed by atoms with Crippen LogP contribution in [0.15, 0.2) is 78.9 Å². The lowest BCUT2D eigenvalue weighted by molar-refractivity contribution is -0.141. The smallest absolute Gasteiger partial charge is 0.306 e. The van der Waals surface area contributed by atoms with Crippen molar-refractivity contribution in [1.29, 1.82) is 0 Å². The summed E-state index contributed by atoms with van der Waals surface area (Å²) in [5, 5.41) is 12.4. The largest absolute Gasteiger partial charge is 0.492 e. The Bertz CT molecular complexity index is 1310. The standard InChI is InChI=1S/C28H28N4O4/c1-19-8-6-9-20(28-29-30-31-32(28)22-11-4-3-5-12-22)10-7-13-25(19)36-23-14-15-24-21(16-27(33)34-2)18-35-26(24)17-23/h3-6,8-9,11-12,14-15,17,21,25H,1,7,10,13,16,18H2,2H3/b8-6-,20-9+/t21-,25-/m1/s1. The highest BCUT2D eigenvalue weighted by Gasteiger charge is 2.27. The fourth-order valence-corrected chi connectivity index (χ4v) is 4.54. The van der Waals surface area contributed by atoms with Crippen LogP contribution in [0.3, 0.4) is 0 Å². The molecule has 0 spiro atoms. The van der Waals surface area contributed by atoms with Crippen molar-refractivity contribution >= 4 is 11.5 Å². The number of ether oxygens (including phenoxy) is 3. The third kappa shape index (κ3) is 5.07. The number of tetrazole rings is 1. The monoisotopic (exact) mass is 484 g/mol. The average Bonchev–Trinajstić information content (AvgIpc) is 3.55. The number of carbonyl (C=O) groups is 1. The van der Waals surface area contributed by atoms with Crippen molar-refractivity contribution in [2.24, 2.45) is 0 Å². The average molecular weight is 485 g/mol. The van der Waals surface area contributed by atoms with Crippen molar-refractivity contribution in [3.05, 3.63) is 90.3 Å². The maximum absolute atomic E-state index is 11.7. The number of methoxy groups -OCH3 is 1. The number of hydrogen-bond acceptors (Lipinski definition) is 7. The molecule has 1 aliphatic heterocycles. The van der Waals surface area contributed by atoms with Gasteiger partial charge in [0.25, 0.3) is 0 Å². The van der Waals surface area contributed by atoms with Crippen molar-refractivity contribution in [1.82, 2.24) is 20.2 Å². The highest BCUT2D eigenvalue weighted by Crippen LogP contribution is 2.39. The first-order valence-corrected chi connectivity index (χ1v) is 12.0. The first-order chi connectivity index (χ1) is 17.6. The van der Waals surface area contributed by atoms with Crippen LogP contribution in [-0.2, 0) is 9.53 Å². The first kappa shape index (κ1) is 23.5. The van der Waals surface area contributed by atoms with E-state index in [9.17, 15) is 4.79 Å². The van der Waals surface area contributed by atoms with E-state index >= 15 is 0 Å². The Balaban J connectivity index is 1.27. The summed E-state index contributed by atoms with van der Waals surface area (Å²) in [5.41, 5.74) is 3.86. The van der Waals surface area contributed by atoms with Gasteiger partial charge >= 0.3 is 5.97 Å². The van der Waals surface area contributed by atoms with E-state index in [4.69, 9.17) is 14.2 Å². The van der Waals surface area contributed by atoms with Crippen LogP contribution in [0.2, 0.25) is 0 Å². The molecule has 2 heterocycles. The van der Waals surface area contributed by atoms with E-state index in [1.165, 1.54) is 7.11 Å². The molecule has 2 aromatic carbocycles. The summed E-state index contributed by atoms with van der Waals surface area (Å²) in [4.78, 5) is 11.7. The van der Waals surface area contributed by atoms with Gasteiger partial charge in [-0.3, -0.25) is 4.79 Å². The van der Waals surface area contributed by atoms with Gasteiger partial charge in [0.1, 0.15) is 17.6 Å². The zero-order chi connectivity index (χ0) is 24.9. The predicted octanol–water partition coefficient (Wildman–Crippen LogP) is 4.83. The quantitative estimate of drug-likeness (QED) is 0.463. The van der Waals surface area contributed by atoms with E-state index in [2.05, 4.69) is 22.1 Å². The molecular weight excluding hydrogens is 456 g/mol. The van der Waals surface area contributed by atoms with Crippen LogP contribution in [0.4, 0.5) is 0 Å². The van der Waals surface area contributed by atoms with Gasteiger partial charge in [0.15, 0.2) is 5.82 Å². The van der Waals surface area contributed by atoms with E-state index in [1.54, 1.807) is 4.68 Å². The summed E-state index contributed by atoms with van der Waals surface area (Å²) in [6, 6.07) is 15.7. The summed E-state index contributed by atoms with van der Waals surface area (Å²) in [6.07, 6.45) is 8.59. The molecule has 0 bridgehead atoms. The number of hydrogen-bond donors (Lipinski definition) is 0. The summed E-state index contributed by atoms with van der Waals surface area (Å²) in [7, 11) is 1.40. The molecule has 0 amide bonds. The molecular formula is C28H28N4O4. The Morgan fingerprint density at radius 3 is 2.92 bits per heavy atom. The minimum Gasteiger partial charge on any atom is -0.492 e. The van der Waals surface area contributed by atoms with Crippen molar-refractivity contribution in [2.45, 2.75) is 37.7 Å². The molecule has 0 fully saturated rings. The van der Waals surface area contributed by atoms with E-state index < -0.39 is 0 Å². The van der Waals surface area contributed by atoms with Crippen molar-refractivity contribution < 1.29 is 19.0 Å². The van der Waals surface area contributed by atoms with E-state index in [0.717, 1.165) is 53.2 Å². The zero-order valence-corrected chi connectivity index (χ0v) is 20.2. The maximum Gasteiger partial charge on any atom is 0.306 e. The lowest BCUT2D eigenvalue weighted by Gasteiger charge is -2.20. The summed E-state index contributed by atoms with van der Waals surface area (Å²) >= 11 is 0. The molecule has 8 heteroatoms. The van der Waals surface area contributed by atoms with Crippen molar-refractivity contribution in [2.75, 3.05) is 13.7 Å². The van der Waals surface area contributed by atoms with E-state index in [-0.39, 0.29) is 18.0 Å². The third-order valence-corrected chi connectivity index (χ3v) is 6.48. The molecule has 0 saturated heterocycles. The molecule has 3 aromatic rings. The lowest BCUT2D eigenvalue weighted by Crippen LogP contribution is -2.18. The van der Waals surface area contributed by atoms with Gasteiger partial charge in [-0.15, -0.1) is 5.10 Å². The number of esters is 1. The fraction of sp³-hybridized carbons (Fsp3) is 0.286. The Morgan fingerprint density at radius 2 is 2.08 bits per heavy atom. The molecule has 0 saturated carbocycles. The van der Waals surface area contributed by atoms with Gasteiger partial charge in [0, 0.05) is 17.5 Å². The number of benzene rings is 2. The summed E-state index contributed by atoms with van der Waals surface area (Å²) in [6.45, 7) is 4.71. The highest BCUT2D eigenvalue weighted by molar-refractivity contribution is 5.71. The summed E-state index contributed by atoms with van der Waals surface area (Å²) in [5.74, 6) is 1.96. The molecule has 1 aromatic heterocycles. The molecule has 1 aliphatic carbocycles. The van der Waals surface area contributed by atoms with Gasteiger partial charge < -0.3 is 14.2 Å². The topological polar surface area (TPSA) is 88.4 Å². The first-order valence-electron chi connectivity index (χ1n) is 12.0. The molecule has 36 heavy (non-hydrogen) atoms. The minimum absolute atomic E-state index is 0.00113. The lowest BCUT2D eigenvalue weighted by atomic mass is 9.98. The SMILES string of the molecule is C=C1/C=C\C=C(\c2nnnn2-c2ccccc2)CCC[C@H]1Oc1ccc2c(c1)OC[C@H]2CC(=O)OC. The zero-order valence-electron chi connectivity index (χ0n) is 20.2. The molecule has 0 radical (unpaired) electrons. The van der Waals surface area contributed by atoms with E-state index in [0.29, 0.717) is 18.8 Å². The number of rotatable bonds is 6. The van der Waals surface area contributed by atoms with Crippen LogP contribution in [0, 0.1) is 0 Å². The minimum atomic E-state index is -0.240. The van der Waals surface area contributed by atoms with Crippen LogP contribution >= 0.6 is 0 Å². The number of fused-ring (bicyclic) bond motifs is 1. The Labute approximate surface area is 209 Å². The van der Waals surface area contributed by atoms with Gasteiger partial charge in [-0.05, 0) is 59.0 Å². The Morgan fingerprint density at radius 1 is 1.22 bits per heavy atom. The van der Waals surface area contributed by atoms with Crippen LogP contribution in [0.25, 0.3) is 11.3 Å². The fourth-order valence-electron chi connectivity index (χ4n) is 4.54. The van der Waals surface area contributed by atoms with Gasteiger partial charge in [-0.2, -0.15) is 4.68 Å². The molecule has 2 aliphatic rings. The number of allylic oxidation sites excluding steroid dienone is 3. The van der Waals surface area contributed by atoms with Crippen LogP contribution in [0.1, 0.15) is 43.0 Å². The molecule has 0 N–H and O–H groups in total. The molecule has 0 unspecified atom stereocenters. The highest BCUT2D eigenvalue weighted by atomic mass is 16.5. The van der Waals surface area contributed by atoms with E-state index in [1.807, 2.05) is 66.8 Å². The van der Waals surface area contributed by atoms with Crippen molar-refractivity contribution in [3.8, 4) is 17.2 Å². The molecule has 184 valence electrons. The van der Waals surface area contributed by atoms with Gasteiger partial charge in [0.05, 0.1) is 25.8 Å². The third-order valence-electron chi connectivity index (χ3n) is 6.48. The normalized spacial score (nSPS) is 21.7. The molecule has 2 atom stereocenters. The number of aromatic nitrogens is 4. The van der Waals surface area contributed by atoms with Crippen LogP contribution in [-0.4, -0.2) is 46.0 Å². The Kier molecular flexibility index (Phi) is 6.93.